The standard InChI is InChI=1S/C28H29NO6/c1-5-33-20-10-7-9-19(16-20)29-25(23-11-8-14-35-23)24(27(31)28(29)32)26(30)18-12-13-22(34-6-2)21(15-18)17(3)4/h7-17,25,30H,5-6H2,1-4H3/b26-24-. The SMILES string of the molecule is CCOc1cccc(N2C(=O)C(=O)/C(=C(\O)c3ccc(OCC)c(C(C)C)c3)C2c2ccco2)c1. The van der Waals surface area contributed by atoms with Gasteiger partial charge in [0.05, 0.1) is 25.1 Å². The van der Waals surface area contributed by atoms with Crippen molar-refractivity contribution in [3.8, 4) is 11.5 Å². The number of carbonyl (C=O) groups is 2. The van der Waals surface area contributed by atoms with E-state index in [1.807, 2.05) is 27.7 Å². The monoisotopic (exact) mass is 475 g/mol. The lowest BCUT2D eigenvalue weighted by molar-refractivity contribution is -0.132. The molecule has 2 aromatic carbocycles. The first-order valence-electron chi connectivity index (χ1n) is 11.7. The van der Waals surface area contributed by atoms with E-state index < -0.39 is 17.7 Å². The summed E-state index contributed by atoms with van der Waals surface area (Å²) in [6.07, 6.45) is 1.47. The van der Waals surface area contributed by atoms with Crippen LogP contribution in [0.2, 0.25) is 0 Å². The fraction of sp³-hybridized carbons (Fsp3) is 0.286. The van der Waals surface area contributed by atoms with Gasteiger partial charge in [-0.15, -0.1) is 0 Å². The molecule has 7 nitrogen and oxygen atoms in total. The summed E-state index contributed by atoms with van der Waals surface area (Å²) in [5, 5.41) is 11.4. The quantitative estimate of drug-likeness (QED) is 0.251. The molecule has 182 valence electrons. The third-order valence-electron chi connectivity index (χ3n) is 5.87. The van der Waals surface area contributed by atoms with Gasteiger partial charge in [-0.05, 0) is 67.8 Å². The Morgan fingerprint density at radius 1 is 1.03 bits per heavy atom. The van der Waals surface area contributed by atoms with Gasteiger partial charge in [0.15, 0.2) is 0 Å². The predicted octanol–water partition coefficient (Wildman–Crippen LogP) is 5.83. The van der Waals surface area contributed by atoms with E-state index in [1.165, 1.54) is 11.2 Å². The molecule has 1 fully saturated rings. The Hall–Kier alpha value is -4.00. The summed E-state index contributed by atoms with van der Waals surface area (Å²) in [6.45, 7) is 8.78. The third-order valence-corrected chi connectivity index (χ3v) is 5.87. The van der Waals surface area contributed by atoms with Crippen LogP contribution in [0.15, 0.2) is 70.9 Å². The topological polar surface area (TPSA) is 89.2 Å². The van der Waals surface area contributed by atoms with Crippen molar-refractivity contribution in [2.75, 3.05) is 18.1 Å². The van der Waals surface area contributed by atoms with Crippen molar-refractivity contribution < 1.29 is 28.6 Å². The lowest BCUT2D eigenvalue weighted by atomic mass is 9.95. The van der Waals surface area contributed by atoms with Crippen molar-refractivity contribution in [3.05, 3.63) is 83.3 Å². The Balaban J connectivity index is 1.88. The van der Waals surface area contributed by atoms with Crippen molar-refractivity contribution in [3.63, 3.8) is 0 Å². The maximum Gasteiger partial charge on any atom is 0.300 e. The first kappa shape index (κ1) is 24.1. The van der Waals surface area contributed by atoms with Crippen LogP contribution in [0.4, 0.5) is 5.69 Å². The Morgan fingerprint density at radius 3 is 2.46 bits per heavy atom. The van der Waals surface area contributed by atoms with E-state index in [0.29, 0.717) is 36.0 Å². The number of hydrogen-bond acceptors (Lipinski definition) is 6. The number of hydrogen-bond donors (Lipinski definition) is 1. The molecule has 1 atom stereocenters. The maximum absolute atomic E-state index is 13.3. The van der Waals surface area contributed by atoms with Crippen molar-refractivity contribution in [1.29, 1.82) is 0 Å². The molecule has 0 radical (unpaired) electrons. The zero-order chi connectivity index (χ0) is 25.1. The minimum absolute atomic E-state index is 0.0365. The van der Waals surface area contributed by atoms with Gasteiger partial charge in [-0.25, -0.2) is 0 Å². The molecule has 4 rings (SSSR count). The number of anilines is 1. The van der Waals surface area contributed by atoms with E-state index >= 15 is 0 Å². The second-order valence-electron chi connectivity index (χ2n) is 8.46. The van der Waals surface area contributed by atoms with Gasteiger partial charge in [-0.1, -0.05) is 19.9 Å². The summed E-state index contributed by atoms with van der Waals surface area (Å²) in [5.41, 5.74) is 1.75. The molecule has 7 heteroatoms. The van der Waals surface area contributed by atoms with E-state index in [4.69, 9.17) is 13.9 Å². The van der Waals surface area contributed by atoms with Crippen molar-refractivity contribution in [1.82, 2.24) is 0 Å². The molecule has 3 aromatic rings. The van der Waals surface area contributed by atoms with Gasteiger partial charge >= 0.3 is 0 Å². The number of rotatable bonds is 8. The first-order valence-corrected chi connectivity index (χ1v) is 11.7. The van der Waals surface area contributed by atoms with Gasteiger partial charge in [0.1, 0.15) is 29.1 Å². The van der Waals surface area contributed by atoms with Crippen LogP contribution in [-0.2, 0) is 9.59 Å². The second-order valence-corrected chi connectivity index (χ2v) is 8.46. The van der Waals surface area contributed by atoms with E-state index in [0.717, 1.165) is 11.3 Å². The highest BCUT2D eigenvalue weighted by atomic mass is 16.5. The molecule has 0 bridgehead atoms. The van der Waals surface area contributed by atoms with Gasteiger partial charge in [-0.3, -0.25) is 14.5 Å². The van der Waals surface area contributed by atoms with Gasteiger partial charge < -0.3 is 19.0 Å². The van der Waals surface area contributed by atoms with Gasteiger partial charge in [0, 0.05) is 17.3 Å². The van der Waals surface area contributed by atoms with E-state index in [2.05, 4.69) is 0 Å². The molecular formula is C28H29NO6. The molecule has 0 saturated carbocycles. The van der Waals surface area contributed by atoms with Crippen LogP contribution >= 0.6 is 0 Å². The van der Waals surface area contributed by atoms with E-state index in [1.54, 1.807) is 54.6 Å². The number of aliphatic hydroxyl groups excluding tert-OH is 1. The number of carbonyl (C=O) groups excluding carboxylic acids is 2. The zero-order valence-corrected chi connectivity index (χ0v) is 20.3. The Morgan fingerprint density at radius 2 is 1.80 bits per heavy atom. The molecule has 1 amide bonds. The Labute approximate surface area is 204 Å². The summed E-state index contributed by atoms with van der Waals surface area (Å²) in [7, 11) is 0. The van der Waals surface area contributed by atoms with Crippen molar-refractivity contribution >= 4 is 23.1 Å². The fourth-order valence-electron chi connectivity index (χ4n) is 4.29. The second kappa shape index (κ2) is 10.1. The summed E-state index contributed by atoms with van der Waals surface area (Å²) in [6, 6.07) is 14.6. The number of ketones is 1. The van der Waals surface area contributed by atoms with Crippen molar-refractivity contribution in [2.45, 2.75) is 39.7 Å². The van der Waals surface area contributed by atoms with E-state index in [-0.39, 0.29) is 17.3 Å². The first-order chi connectivity index (χ1) is 16.9. The smallest absolute Gasteiger partial charge is 0.300 e. The summed E-state index contributed by atoms with van der Waals surface area (Å²) >= 11 is 0. The maximum atomic E-state index is 13.3. The lowest BCUT2D eigenvalue weighted by Crippen LogP contribution is -2.29. The van der Waals surface area contributed by atoms with Crippen LogP contribution < -0.4 is 14.4 Å². The summed E-state index contributed by atoms with van der Waals surface area (Å²) < 4.78 is 16.9. The molecule has 1 unspecified atom stereocenters. The fourth-order valence-corrected chi connectivity index (χ4v) is 4.29. The summed E-state index contributed by atoms with van der Waals surface area (Å²) in [5.74, 6) is -0.0371. The summed E-state index contributed by atoms with van der Waals surface area (Å²) in [4.78, 5) is 27.9. The van der Waals surface area contributed by atoms with Crippen molar-refractivity contribution in [2.24, 2.45) is 0 Å². The number of Topliss-reactive ketones (excluding diaryl/α,β-unsaturated/α-hetero) is 1. The van der Waals surface area contributed by atoms with Crippen LogP contribution in [0.3, 0.4) is 0 Å². The lowest BCUT2D eigenvalue weighted by Gasteiger charge is -2.24. The van der Waals surface area contributed by atoms with E-state index in [9.17, 15) is 14.7 Å². The molecule has 2 heterocycles. The van der Waals surface area contributed by atoms with Crippen LogP contribution in [0.5, 0.6) is 11.5 Å². The number of amides is 1. The highest BCUT2D eigenvalue weighted by molar-refractivity contribution is 6.51. The number of aliphatic hydroxyl groups is 1. The minimum Gasteiger partial charge on any atom is -0.507 e. The molecule has 1 aliphatic heterocycles. The predicted molar refractivity (Wildman–Crippen MR) is 133 cm³/mol. The zero-order valence-electron chi connectivity index (χ0n) is 20.3. The number of furan rings is 1. The normalized spacial score (nSPS) is 17.3. The number of benzene rings is 2. The third kappa shape index (κ3) is 4.54. The van der Waals surface area contributed by atoms with Crippen LogP contribution in [0, 0.1) is 0 Å². The molecule has 1 aromatic heterocycles. The van der Waals surface area contributed by atoms with Gasteiger partial charge in [0.2, 0.25) is 0 Å². The van der Waals surface area contributed by atoms with Crippen LogP contribution in [0.25, 0.3) is 5.76 Å². The number of ether oxygens (including phenoxy) is 2. The van der Waals surface area contributed by atoms with Crippen LogP contribution in [-0.4, -0.2) is 30.0 Å². The largest absolute Gasteiger partial charge is 0.507 e. The minimum atomic E-state index is -0.934. The highest BCUT2D eigenvalue weighted by Crippen LogP contribution is 2.43. The molecular weight excluding hydrogens is 446 g/mol. The molecule has 1 aliphatic rings. The molecule has 0 spiro atoms. The highest BCUT2D eigenvalue weighted by Gasteiger charge is 2.48. The number of nitrogens with zero attached hydrogens (tertiary/aromatic N) is 1. The van der Waals surface area contributed by atoms with Gasteiger partial charge in [-0.2, -0.15) is 0 Å². The molecule has 35 heavy (non-hydrogen) atoms. The molecule has 1 N–H and O–H groups in total. The average Bonchev–Trinajstić information content (AvgIpc) is 3.46. The van der Waals surface area contributed by atoms with Gasteiger partial charge in [0.25, 0.3) is 11.7 Å². The van der Waals surface area contributed by atoms with Crippen LogP contribution in [0.1, 0.15) is 56.5 Å². The Kier molecular flexibility index (Phi) is 6.96. The molecule has 1 saturated heterocycles. The average molecular weight is 476 g/mol. The Bertz CT molecular complexity index is 1260. The molecule has 0 aliphatic carbocycles.